The van der Waals surface area contributed by atoms with Gasteiger partial charge in [-0.15, -0.1) is 5.10 Å². The molecule has 5 aromatic carbocycles. The number of pyridine rings is 1. The van der Waals surface area contributed by atoms with Gasteiger partial charge < -0.3 is 9.30 Å². The molecule has 0 radical (unpaired) electrons. The van der Waals surface area contributed by atoms with Crippen molar-refractivity contribution in [3.05, 3.63) is 203 Å². The maximum absolute atomic E-state index is 6.74. The lowest BCUT2D eigenvalue weighted by molar-refractivity contribution is 0.284. The fourth-order valence-corrected chi connectivity index (χ4v) is 7.57. The highest BCUT2D eigenvalue weighted by Crippen LogP contribution is 2.43. The van der Waals surface area contributed by atoms with Crippen molar-refractivity contribution in [2.45, 2.75) is 44.9 Å². The van der Waals surface area contributed by atoms with Crippen LogP contribution < -0.4 is 4.74 Å². The average molecular weight is 742 g/mol. The van der Waals surface area contributed by atoms with Crippen molar-refractivity contribution < 1.29 is 4.74 Å². The molecule has 0 saturated heterocycles. The van der Waals surface area contributed by atoms with E-state index in [9.17, 15) is 0 Å². The Morgan fingerprint density at radius 1 is 0.673 bits per heavy atom. The Morgan fingerprint density at radius 2 is 1.27 bits per heavy atom. The first-order chi connectivity index (χ1) is 27.2. The number of rotatable bonds is 14. The van der Waals surface area contributed by atoms with Gasteiger partial charge in [-0.05, 0) is 56.3 Å². The summed E-state index contributed by atoms with van der Waals surface area (Å²) in [6, 6.07) is 54.0. The Balaban J connectivity index is 1.18. The minimum absolute atomic E-state index is 0.269. The van der Waals surface area contributed by atoms with E-state index < -0.39 is 5.54 Å². The molecule has 0 aliphatic carbocycles. The average Bonchev–Trinajstić information content (AvgIpc) is 3.85. The Hall–Kier alpha value is -6.38. The molecule has 8 nitrogen and oxygen atoms in total. The number of ether oxygens (including phenoxy) is 1. The zero-order valence-electron chi connectivity index (χ0n) is 30.5. The Bertz CT molecular complexity index is 2350. The molecule has 272 valence electrons. The molecule has 55 heavy (non-hydrogen) atoms. The van der Waals surface area contributed by atoms with Gasteiger partial charge >= 0.3 is 0 Å². The lowest BCUT2D eigenvalue weighted by Crippen LogP contribution is -2.39. The van der Waals surface area contributed by atoms with E-state index >= 15 is 0 Å². The molecule has 0 amide bonds. The molecule has 0 N–H and O–H groups in total. The van der Waals surface area contributed by atoms with Crippen LogP contribution in [-0.2, 0) is 25.1 Å². The van der Waals surface area contributed by atoms with Gasteiger partial charge in [0.25, 0.3) is 0 Å². The summed E-state index contributed by atoms with van der Waals surface area (Å²) >= 11 is 6.74. The van der Waals surface area contributed by atoms with Crippen molar-refractivity contribution in [2.75, 3.05) is 0 Å². The number of hydrogen-bond donors (Lipinski definition) is 0. The maximum Gasteiger partial charge on any atom is 0.213 e. The molecule has 0 fully saturated rings. The Labute approximate surface area is 326 Å². The number of benzene rings is 5. The van der Waals surface area contributed by atoms with Gasteiger partial charge in [0.1, 0.15) is 18.0 Å². The maximum atomic E-state index is 6.74. The number of nitrogens with zero attached hydrogens (tertiary/aromatic N) is 7. The van der Waals surface area contributed by atoms with Crippen LogP contribution in [0.15, 0.2) is 164 Å². The van der Waals surface area contributed by atoms with Crippen LogP contribution >= 0.6 is 11.6 Å². The zero-order chi connectivity index (χ0) is 37.5. The molecule has 0 unspecified atom stereocenters. The molecule has 8 rings (SSSR count). The van der Waals surface area contributed by atoms with Crippen molar-refractivity contribution in [3.8, 4) is 28.4 Å². The highest BCUT2D eigenvalue weighted by atomic mass is 35.5. The SMILES string of the molecule is CCCCc1nc(Cl)c(COc2ccccn2)n1Cc1ccc(-c2ccccc2-c2nnnn2C(c2ccccc2)(c2ccccc2)c2ccccc2)cc1. The van der Waals surface area contributed by atoms with Crippen molar-refractivity contribution in [3.63, 3.8) is 0 Å². The fourth-order valence-electron chi connectivity index (χ4n) is 7.32. The van der Waals surface area contributed by atoms with Crippen molar-refractivity contribution in [2.24, 2.45) is 0 Å². The van der Waals surface area contributed by atoms with Crippen LogP contribution in [0.2, 0.25) is 5.15 Å². The Kier molecular flexibility index (Phi) is 10.6. The standard InChI is InChI=1S/C46H40ClN7O/c1-2-3-25-42-49-44(47)41(33-55-43-26-15-16-31-48-43)53(42)32-34-27-29-35(30-28-34)39-23-13-14-24-40(39)45-50-51-52-54(45)46(36-17-7-4-8-18-36,37-19-9-5-10-20-37)38-21-11-6-12-22-38/h4-24,26-31H,2-3,25,32-33H2,1H3. The fraction of sp³-hybridized carbons (Fsp3) is 0.152. The van der Waals surface area contributed by atoms with Crippen LogP contribution in [-0.4, -0.2) is 34.7 Å². The normalized spacial score (nSPS) is 11.5. The van der Waals surface area contributed by atoms with Gasteiger partial charge in [-0.1, -0.05) is 171 Å². The summed E-state index contributed by atoms with van der Waals surface area (Å²) in [5.74, 6) is 2.15. The van der Waals surface area contributed by atoms with E-state index in [1.807, 2.05) is 47.1 Å². The number of aromatic nitrogens is 7. The van der Waals surface area contributed by atoms with Gasteiger partial charge in [0.15, 0.2) is 11.0 Å². The van der Waals surface area contributed by atoms with E-state index in [1.165, 1.54) is 0 Å². The van der Waals surface area contributed by atoms with E-state index in [0.29, 0.717) is 23.4 Å². The van der Waals surface area contributed by atoms with E-state index in [2.05, 4.69) is 137 Å². The third kappa shape index (κ3) is 7.16. The summed E-state index contributed by atoms with van der Waals surface area (Å²) < 4.78 is 10.2. The van der Waals surface area contributed by atoms with Crippen molar-refractivity contribution >= 4 is 11.6 Å². The topological polar surface area (TPSA) is 83.5 Å². The highest BCUT2D eigenvalue weighted by molar-refractivity contribution is 6.30. The van der Waals surface area contributed by atoms with Crippen LogP contribution in [0.1, 0.15) is 53.5 Å². The monoisotopic (exact) mass is 741 g/mol. The first-order valence-corrected chi connectivity index (χ1v) is 19.0. The van der Waals surface area contributed by atoms with E-state index in [1.54, 1.807) is 6.20 Å². The summed E-state index contributed by atoms with van der Waals surface area (Å²) in [5.41, 5.74) is 7.22. The molecule has 0 aliphatic heterocycles. The van der Waals surface area contributed by atoms with Gasteiger partial charge in [0, 0.05) is 30.8 Å². The molecule has 8 aromatic rings. The van der Waals surface area contributed by atoms with Gasteiger partial charge in [-0.3, -0.25) is 0 Å². The molecule has 9 heteroatoms. The first kappa shape index (κ1) is 35.6. The van der Waals surface area contributed by atoms with E-state index in [4.69, 9.17) is 31.6 Å². The molecule has 0 bridgehead atoms. The van der Waals surface area contributed by atoms with Gasteiger partial charge in [0.05, 0.1) is 5.69 Å². The lowest BCUT2D eigenvalue weighted by atomic mass is 9.77. The minimum atomic E-state index is -0.862. The van der Waals surface area contributed by atoms with Crippen LogP contribution in [0.3, 0.4) is 0 Å². The zero-order valence-corrected chi connectivity index (χ0v) is 31.3. The van der Waals surface area contributed by atoms with Crippen molar-refractivity contribution in [1.29, 1.82) is 0 Å². The highest BCUT2D eigenvalue weighted by Gasteiger charge is 2.42. The predicted octanol–water partition coefficient (Wildman–Crippen LogP) is 10.1. The summed E-state index contributed by atoms with van der Waals surface area (Å²) in [6.45, 7) is 3.05. The second-order valence-electron chi connectivity index (χ2n) is 13.4. The Morgan fingerprint density at radius 3 is 1.87 bits per heavy atom. The van der Waals surface area contributed by atoms with Gasteiger partial charge in [0.2, 0.25) is 5.88 Å². The number of aryl methyl sites for hydroxylation is 1. The molecule has 0 spiro atoms. The van der Waals surface area contributed by atoms with Crippen LogP contribution in [0.5, 0.6) is 5.88 Å². The van der Waals surface area contributed by atoms with Gasteiger partial charge in [-0.2, -0.15) is 0 Å². The third-order valence-corrected chi connectivity index (χ3v) is 10.3. The molecule has 3 aromatic heterocycles. The minimum Gasteiger partial charge on any atom is -0.471 e. The first-order valence-electron chi connectivity index (χ1n) is 18.6. The van der Waals surface area contributed by atoms with Crippen LogP contribution in [0.4, 0.5) is 0 Å². The predicted molar refractivity (Wildman–Crippen MR) is 217 cm³/mol. The number of hydrogen-bond acceptors (Lipinski definition) is 6. The quantitative estimate of drug-likeness (QED) is 0.103. The molecule has 0 saturated carbocycles. The largest absolute Gasteiger partial charge is 0.471 e. The van der Waals surface area contributed by atoms with Crippen LogP contribution in [0.25, 0.3) is 22.5 Å². The number of halogens is 1. The second-order valence-corrected chi connectivity index (χ2v) is 13.7. The van der Waals surface area contributed by atoms with E-state index in [0.717, 1.165) is 69.7 Å². The number of unbranched alkanes of at least 4 members (excludes halogenated alkanes) is 1. The van der Waals surface area contributed by atoms with Crippen molar-refractivity contribution in [1.82, 2.24) is 34.7 Å². The lowest BCUT2D eigenvalue weighted by Gasteiger charge is -2.36. The molecule has 3 heterocycles. The summed E-state index contributed by atoms with van der Waals surface area (Å²) in [6.07, 6.45) is 4.62. The number of imidazole rings is 1. The summed E-state index contributed by atoms with van der Waals surface area (Å²) in [7, 11) is 0. The third-order valence-electron chi connectivity index (χ3n) is 9.99. The summed E-state index contributed by atoms with van der Waals surface area (Å²) in [4.78, 5) is 9.08. The number of tetrazole rings is 1. The smallest absolute Gasteiger partial charge is 0.213 e. The molecular formula is C46H40ClN7O. The second kappa shape index (κ2) is 16.3. The summed E-state index contributed by atoms with van der Waals surface area (Å²) in [5, 5.41) is 14.3. The van der Waals surface area contributed by atoms with E-state index in [-0.39, 0.29) is 6.61 Å². The molecule has 0 atom stereocenters. The molecular weight excluding hydrogens is 702 g/mol. The van der Waals surface area contributed by atoms with Gasteiger partial charge in [-0.25, -0.2) is 14.6 Å². The van der Waals surface area contributed by atoms with Crippen LogP contribution in [0, 0.1) is 0 Å². The molecule has 0 aliphatic rings.